The molecule has 0 aliphatic heterocycles. The van der Waals surface area contributed by atoms with E-state index in [1.54, 1.807) is 30.3 Å². The Morgan fingerprint density at radius 2 is 1.58 bits per heavy atom. The number of carboxylic acids is 1. The number of rotatable bonds is 5. The van der Waals surface area contributed by atoms with Crippen molar-refractivity contribution in [1.82, 2.24) is 5.32 Å². The summed E-state index contributed by atoms with van der Waals surface area (Å²) in [6, 6.07) is 16.9. The maximum absolute atomic E-state index is 14.6. The minimum atomic E-state index is -2.59. The van der Waals surface area contributed by atoms with E-state index < -0.39 is 11.8 Å². The maximum atomic E-state index is 14.6. The van der Waals surface area contributed by atoms with Gasteiger partial charge in [0, 0.05) is 12.1 Å². The van der Waals surface area contributed by atoms with Crippen LogP contribution in [0.5, 0.6) is 0 Å². The number of aliphatic carboxylic acids is 1. The van der Waals surface area contributed by atoms with Crippen molar-refractivity contribution in [2.75, 3.05) is 0 Å². The predicted molar refractivity (Wildman–Crippen MR) is 70.1 cm³/mol. The molecule has 0 aliphatic carbocycles. The topological polar surface area (TPSA) is 49.3 Å². The van der Waals surface area contributed by atoms with Gasteiger partial charge in [-0.25, -0.2) is 9.18 Å². The second-order valence-electron chi connectivity index (χ2n) is 4.17. The monoisotopic (exact) mass is 259 g/mol. The lowest BCUT2D eigenvalue weighted by Gasteiger charge is -2.22. The van der Waals surface area contributed by atoms with Gasteiger partial charge in [-0.1, -0.05) is 60.7 Å². The molecule has 2 aromatic carbocycles. The average Bonchev–Trinajstić information content (AvgIpc) is 2.46. The summed E-state index contributed by atoms with van der Waals surface area (Å²) in [5, 5.41) is 11.6. The fourth-order valence-corrected chi connectivity index (χ4v) is 1.79. The highest BCUT2D eigenvalue weighted by Gasteiger charge is 2.40. The molecule has 1 unspecified atom stereocenters. The Morgan fingerprint density at radius 3 is 2.11 bits per heavy atom. The summed E-state index contributed by atoms with van der Waals surface area (Å²) in [5.74, 6) is -4.13. The highest BCUT2D eigenvalue weighted by Crippen LogP contribution is 2.23. The van der Waals surface area contributed by atoms with E-state index in [4.69, 9.17) is 5.11 Å². The average molecular weight is 259 g/mol. The first-order chi connectivity index (χ1) is 9.13. The summed E-state index contributed by atoms with van der Waals surface area (Å²) in [5.41, 5.74) is 0.903. The Morgan fingerprint density at radius 1 is 1.05 bits per heavy atom. The molecule has 3 nitrogen and oxygen atoms in total. The van der Waals surface area contributed by atoms with Crippen molar-refractivity contribution in [3.8, 4) is 0 Å². The predicted octanol–water partition coefficient (Wildman–Crippen LogP) is 2.68. The van der Waals surface area contributed by atoms with Gasteiger partial charge in [-0.3, -0.25) is 5.32 Å². The summed E-state index contributed by atoms with van der Waals surface area (Å²) in [6.07, 6.45) is 0. The fourth-order valence-electron chi connectivity index (χ4n) is 1.79. The molecule has 19 heavy (non-hydrogen) atoms. The quantitative estimate of drug-likeness (QED) is 0.812. The smallest absolute Gasteiger partial charge is 0.361 e. The van der Waals surface area contributed by atoms with Crippen LogP contribution in [0.4, 0.5) is 4.39 Å². The van der Waals surface area contributed by atoms with E-state index in [2.05, 4.69) is 5.32 Å². The van der Waals surface area contributed by atoms with Crippen LogP contribution < -0.4 is 5.32 Å². The van der Waals surface area contributed by atoms with Gasteiger partial charge in [0.05, 0.1) is 0 Å². The molecule has 1 atom stereocenters. The van der Waals surface area contributed by atoms with Crippen molar-refractivity contribution < 1.29 is 14.3 Å². The number of carboxylic acid groups (broad SMARTS) is 1. The molecule has 0 spiro atoms. The van der Waals surface area contributed by atoms with Gasteiger partial charge in [0.15, 0.2) is 0 Å². The summed E-state index contributed by atoms with van der Waals surface area (Å²) in [6.45, 7) is 0.137. The minimum Gasteiger partial charge on any atom is -0.478 e. The Kier molecular flexibility index (Phi) is 3.92. The van der Waals surface area contributed by atoms with Gasteiger partial charge < -0.3 is 5.11 Å². The maximum Gasteiger partial charge on any atom is 0.361 e. The van der Waals surface area contributed by atoms with Crippen LogP contribution in [0.25, 0.3) is 0 Å². The first kappa shape index (κ1) is 13.2. The van der Waals surface area contributed by atoms with Gasteiger partial charge in [-0.2, -0.15) is 0 Å². The molecule has 2 N–H and O–H groups in total. The number of alkyl halides is 1. The molecule has 0 saturated carbocycles. The van der Waals surface area contributed by atoms with Crippen molar-refractivity contribution in [2.45, 2.75) is 12.3 Å². The third-order valence-corrected chi connectivity index (χ3v) is 2.85. The third-order valence-electron chi connectivity index (χ3n) is 2.85. The number of benzene rings is 2. The molecule has 0 bridgehead atoms. The first-order valence-electron chi connectivity index (χ1n) is 5.90. The van der Waals surface area contributed by atoms with Crippen LogP contribution >= 0.6 is 0 Å². The van der Waals surface area contributed by atoms with Gasteiger partial charge in [-0.05, 0) is 5.56 Å². The van der Waals surface area contributed by atoms with Crippen molar-refractivity contribution in [3.05, 3.63) is 71.8 Å². The summed E-state index contributed by atoms with van der Waals surface area (Å²) in [7, 11) is 0. The number of nitrogens with one attached hydrogen (secondary N) is 1. The lowest BCUT2D eigenvalue weighted by molar-refractivity contribution is -0.154. The van der Waals surface area contributed by atoms with Gasteiger partial charge in [0.25, 0.3) is 5.79 Å². The molecule has 0 amide bonds. The zero-order chi connectivity index (χ0) is 13.7. The number of hydrogen-bond donors (Lipinski definition) is 2. The molecule has 0 radical (unpaired) electrons. The van der Waals surface area contributed by atoms with E-state index in [1.807, 2.05) is 18.2 Å². The fraction of sp³-hybridized carbons (Fsp3) is 0.133. The molecule has 0 aromatic heterocycles. The van der Waals surface area contributed by atoms with Crippen LogP contribution in [-0.2, 0) is 17.1 Å². The highest BCUT2D eigenvalue weighted by atomic mass is 19.1. The molecule has 0 heterocycles. The summed E-state index contributed by atoms with van der Waals surface area (Å²) >= 11 is 0. The Bertz CT molecular complexity index is 545. The standard InChI is InChI=1S/C15H14FNO2/c16-15(14(18)19,13-9-5-2-6-10-13)17-11-12-7-3-1-4-8-12/h1-10,17H,11H2,(H,18,19). The van der Waals surface area contributed by atoms with E-state index in [1.165, 1.54) is 12.1 Å². The van der Waals surface area contributed by atoms with E-state index in [9.17, 15) is 9.18 Å². The van der Waals surface area contributed by atoms with Gasteiger partial charge in [0.2, 0.25) is 0 Å². The Labute approximate surface area is 110 Å². The van der Waals surface area contributed by atoms with Gasteiger partial charge in [0.1, 0.15) is 0 Å². The van der Waals surface area contributed by atoms with Crippen LogP contribution in [0.15, 0.2) is 60.7 Å². The SMILES string of the molecule is O=C(O)C(F)(NCc1ccccc1)c1ccccc1. The van der Waals surface area contributed by atoms with Crippen LogP contribution in [0.2, 0.25) is 0 Å². The molecule has 0 aliphatic rings. The first-order valence-corrected chi connectivity index (χ1v) is 5.90. The van der Waals surface area contributed by atoms with Crippen LogP contribution in [-0.4, -0.2) is 11.1 Å². The zero-order valence-electron chi connectivity index (χ0n) is 10.2. The molecule has 4 heteroatoms. The molecular formula is C15H14FNO2. The minimum absolute atomic E-state index is 0.0819. The normalized spacial score (nSPS) is 13.7. The van der Waals surface area contributed by atoms with Crippen molar-refractivity contribution in [3.63, 3.8) is 0 Å². The van der Waals surface area contributed by atoms with E-state index in [0.29, 0.717) is 0 Å². The molecule has 2 rings (SSSR count). The number of carbonyl (C=O) groups is 1. The number of halogens is 1. The van der Waals surface area contributed by atoms with Gasteiger partial charge >= 0.3 is 5.97 Å². The Balaban J connectivity index is 2.19. The number of hydrogen-bond acceptors (Lipinski definition) is 2. The second-order valence-corrected chi connectivity index (χ2v) is 4.17. The second kappa shape index (κ2) is 5.63. The largest absolute Gasteiger partial charge is 0.478 e. The van der Waals surface area contributed by atoms with Crippen LogP contribution in [0.1, 0.15) is 11.1 Å². The van der Waals surface area contributed by atoms with Crippen molar-refractivity contribution in [2.24, 2.45) is 0 Å². The molecule has 98 valence electrons. The van der Waals surface area contributed by atoms with E-state index >= 15 is 0 Å². The van der Waals surface area contributed by atoms with Gasteiger partial charge in [-0.15, -0.1) is 0 Å². The Hall–Kier alpha value is -2.20. The summed E-state index contributed by atoms with van der Waals surface area (Å²) in [4.78, 5) is 11.2. The van der Waals surface area contributed by atoms with E-state index in [-0.39, 0.29) is 12.1 Å². The van der Waals surface area contributed by atoms with Crippen LogP contribution in [0.3, 0.4) is 0 Å². The zero-order valence-corrected chi connectivity index (χ0v) is 10.2. The van der Waals surface area contributed by atoms with E-state index in [0.717, 1.165) is 5.56 Å². The molecule has 0 fully saturated rings. The molecular weight excluding hydrogens is 245 g/mol. The van der Waals surface area contributed by atoms with Crippen LogP contribution in [0, 0.1) is 0 Å². The highest BCUT2D eigenvalue weighted by molar-refractivity contribution is 5.78. The molecule has 2 aromatic rings. The summed E-state index contributed by atoms with van der Waals surface area (Å²) < 4.78 is 14.6. The molecule has 0 saturated heterocycles. The lowest BCUT2D eigenvalue weighted by Crippen LogP contribution is -2.44. The third kappa shape index (κ3) is 2.98. The van der Waals surface area contributed by atoms with Crippen molar-refractivity contribution in [1.29, 1.82) is 0 Å². The van der Waals surface area contributed by atoms with Crippen molar-refractivity contribution >= 4 is 5.97 Å². The lowest BCUT2D eigenvalue weighted by atomic mass is 10.0.